The molecular weight excluding hydrogens is 576 g/mol. The van der Waals surface area contributed by atoms with E-state index in [0.717, 1.165) is 0 Å². The Morgan fingerprint density at radius 1 is 0.977 bits per heavy atom. The molecule has 15 nitrogen and oxygen atoms in total. The fraction of sp³-hybridized carbons (Fsp3) is 0.464. The fourth-order valence-electron chi connectivity index (χ4n) is 4.86. The zero-order valence-corrected chi connectivity index (χ0v) is 23.0. The van der Waals surface area contributed by atoms with Gasteiger partial charge in [0.2, 0.25) is 11.7 Å². The minimum atomic E-state index is -1.93. The van der Waals surface area contributed by atoms with E-state index in [9.17, 15) is 40.5 Å². The van der Waals surface area contributed by atoms with Gasteiger partial charge in [0.1, 0.15) is 64.9 Å². The van der Waals surface area contributed by atoms with Crippen LogP contribution in [-0.2, 0) is 14.2 Å². The molecule has 0 radical (unpaired) electrons. The maximum atomic E-state index is 13.2. The summed E-state index contributed by atoms with van der Waals surface area (Å²) in [6.07, 6.45) is -9.61. The maximum absolute atomic E-state index is 13.2. The van der Waals surface area contributed by atoms with Crippen LogP contribution < -0.4 is 19.6 Å². The number of methoxy groups -OCH3 is 2. The molecule has 15 heteroatoms. The largest absolute Gasteiger partial charge is 0.507 e. The van der Waals surface area contributed by atoms with E-state index in [-0.39, 0.29) is 33.8 Å². The molecule has 2 aliphatic rings. The minimum Gasteiger partial charge on any atom is -0.507 e. The molecule has 2 aliphatic heterocycles. The van der Waals surface area contributed by atoms with Gasteiger partial charge >= 0.3 is 0 Å². The number of aromatic hydroxyl groups is 1. The Hall–Kier alpha value is -3.51. The fourth-order valence-corrected chi connectivity index (χ4v) is 4.86. The summed E-state index contributed by atoms with van der Waals surface area (Å²) in [6.45, 7) is -1.63. The van der Waals surface area contributed by atoms with Crippen LogP contribution in [0.4, 0.5) is 0 Å². The van der Waals surface area contributed by atoms with Crippen molar-refractivity contribution < 1.29 is 68.6 Å². The van der Waals surface area contributed by atoms with Crippen LogP contribution in [0.25, 0.3) is 22.1 Å². The first-order valence-electron chi connectivity index (χ1n) is 13.1. The first-order valence-corrected chi connectivity index (χ1v) is 13.1. The molecule has 1 aromatic heterocycles. The van der Waals surface area contributed by atoms with E-state index >= 15 is 0 Å². The topological polar surface area (TPSA) is 227 Å². The Bertz CT molecular complexity index is 1510. The standard InChI is InChI=1S/C28H32O15/c1-37-13-6-15(30)20-18(7-13)39-8-14(21(20)31)12-3-4-16(17(5-12)38-2)42-26-24(34)23(33)22(32)19(43-26)9-40-27-25(35)28(36,10-29)11-41-27/h3-8,19,22-27,29-30,32-36H,9-11H2,1-2H3/t19-,22+,23+,24+,25-,26+,27-,28-/m0/s1. The lowest BCUT2D eigenvalue weighted by Gasteiger charge is -2.40. The average molecular weight is 609 g/mol. The molecule has 234 valence electrons. The molecule has 0 unspecified atom stereocenters. The second kappa shape index (κ2) is 12.2. The van der Waals surface area contributed by atoms with Crippen molar-refractivity contribution in [3.63, 3.8) is 0 Å². The van der Waals surface area contributed by atoms with Crippen molar-refractivity contribution in [2.75, 3.05) is 34.0 Å². The molecule has 2 aromatic carbocycles. The molecule has 43 heavy (non-hydrogen) atoms. The van der Waals surface area contributed by atoms with Crippen LogP contribution in [0.3, 0.4) is 0 Å². The number of phenols is 1. The monoisotopic (exact) mass is 608 g/mol. The van der Waals surface area contributed by atoms with Gasteiger partial charge in [-0.3, -0.25) is 4.79 Å². The van der Waals surface area contributed by atoms with Gasteiger partial charge in [0, 0.05) is 12.1 Å². The number of aliphatic hydroxyl groups excluding tert-OH is 5. The van der Waals surface area contributed by atoms with Crippen LogP contribution in [0.2, 0.25) is 0 Å². The summed E-state index contributed by atoms with van der Waals surface area (Å²) in [5.74, 6) is 0.128. The summed E-state index contributed by atoms with van der Waals surface area (Å²) < 4.78 is 38.1. The highest BCUT2D eigenvalue weighted by molar-refractivity contribution is 5.88. The van der Waals surface area contributed by atoms with Gasteiger partial charge in [-0.05, 0) is 17.7 Å². The van der Waals surface area contributed by atoms with E-state index in [1.165, 1.54) is 50.8 Å². The van der Waals surface area contributed by atoms with Crippen molar-refractivity contribution in [3.8, 4) is 34.1 Å². The second-order valence-corrected chi connectivity index (χ2v) is 10.2. The molecule has 3 aromatic rings. The van der Waals surface area contributed by atoms with Gasteiger partial charge in [-0.25, -0.2) is 0 Å². The van der Waals surface area contributed by atoms with Gasteiger partial charge in [0.15, 0.2) is 17.8 Å². The van der Waals surface area contributed by atoms with Crippen molar-refractivity contribution in [1.82, 2.24) is 0 Å². The van der Waals surface area contributed by atoms with Crippen LogP contribution in [0, 0.1) is 0 Å². The molecule has 0 spiro atoms. The van der Waals surface area contributed by atoms with E-state index in [2.05, 4.69) is 0 Å². The number of hydrogen-bond acceptors (Lipinski definition) is 15. The number of rotatable bonds is 9. The SMILES string of the molecule is COc1cc(O)c2c(=O)c(-c3ccc(O[C@@H]4O[C@@H](CO[C@H]5OC[C@@](O)(CO)[C@H]5O)[C@@H](O)[C@@H](O)[C@H]4O)c(OC)c3)coc2c1. The van der Waals surface area contributed by atoms with Gasteiger partial charge in [0.05, 0.1) is 39.6 Å². The third kappa shape index (κ3) is 5.74. The smallest absolute Gasteiger partial charge is 0.229 e. The molecule has 0 saturated carbocycles. The molecule has 5 rings (SSSR count). The quantitative estimate of drug-likeness (QED) is 0.152. The van der Waals surface area contributed by atoms with Crippen LogP contribution in [-0.4, -0.2) is 118 Å². The summed E-state index contributed by atoms with van der Waals surface area (Å²) in [5.41, 5.74) is -1.87. The van der Waals surface area contributed by atoms with Crippen molar-refractivity contribution in [2.45, 2.75) is 48.7 Å². The Morgan fingerprint density at radius 3 is 2.42 bits per heavy atom. The minimum absolute atomic E-state index is 0.0406. The van der Waals surface area contributed by atoms with Gasteiger partial charge in [-0.1, -0.05) is 6.07 Å². The summed E-state index contributed by atoms with van der Waals surface area (Å²) in [7, 11) is 2.74. The molecule has 0 bridgehead atoms. The van der Waals surface area contributed by atoms with Crippen molar-refractivity contribution in [1.29, 1.82) is 0 Å². The highest BCUT2D eigenvalue weighted by atomic mass is 16.7. The third-order valence-electron chi connectivity index (χ3n) is 7.46. The van der Waals surface area contributed by atoms with Crippen molar-refractivity contribution in [3.05, 3.63) is 46.8 Å². The van der Waals surface area contributed by atoms with E-state index < -0.39 is 74.0 Å². The van der Waals surface area contributed by atoms with E-state index in [4.69, 9.17) is 32.8 Å². The predicted molar refractivity (Wildman–Crippen MR) is 144 cm³/mol. The second-order valence-electron chi connectivity index (χ2n) is 10.2. The molecule has 7 N–H and O–H groups in total. The Morgan fingerprint density at radius 2 is 1.74 bits per heavy atom. The summed E-state index contributed by atoms with van der Waals surface area (Å²) in [4.78, 5) is 13.2. The lowest BCUT2D eigenvalue weighted by molar-refractivity contribution is -0.289. The zero-order valence-electron chi connectivity index (χ0n) is 23.0. The van der Waals surface area contributed by atoms with Gasteiger partial charge in [0.25, 0.3) is 0 Å². The van der Waals surface area contributed by atoms with E-state index in [0.29, 0.717) is 11.3 Å². The molecule has 3 heterocycles. The summed E-state index contributed by atoms with van der Waals surface area (Å²) >= 11 is 0. The third-order valence-corrected chi connectivity index (χ3v) is 7.46. The lowest BCUT2D eigenvalue weighted by atomic mass is 9.99. The van der Waals surface area contributed by atoms with E-state index in [1.807, 2.05) is 0 Å². The highest BCUT2D eigenvalue weighted by Crippen LogP contribution is 2.36. The lowest BCUT2D eigenvalue weighted by Crippen LogP contribution is -2.60. The first kappa shape index (κ1) is 30.9. The predicted octanol–water partition coefficient (Wildman–Crippen LogP) is -1.17. The van der Waals surface area contributed by atoms with Crippen LogP contribution in [0.5, 0.6) is 23.0 Å². The number of aliphatic hydroxyl groups is 6. The van der Waals surface area contributed by atoms with E-state index in [1.54, 1.807) is 0 Å². The van der Waals surface area contributed by atoms with Crippen LogP contribution in [0.15, 0.2) is 45.8 Å². The van der Waals surface area contributed by atoms with Crippen molar-refractivity contribution >= 4 is 11.0 Å². The number of ether oxygens (including phenoxy) is 6. The molecular formula is C28H32O15. The first-order chi connectivity index (χ1) is 20.5. The van der Waals surface area contributed by atoms with Crippen LogP contribution >= 0.6 is 0 Å². The number of benzene rings is 2. The summed E-state index contributed by atoms with van der Waals surface area (Å²) in [5, 5.41) is 71.4. The molecule has 2 fully saturated rings. The van der Waals surface area contributed by atoms with Crippen molar-refractivity contribution in [2.24, 2.45) is 0 Å². The average Bonchev–Trinajstić information content (AvgIpc) is 3.30. The Labute approximate surface area is 243 Å². The zero-order chi connectivity index (χ0) is 31.1. The maximum Gasteiger partial charge on any atom is 0.229 e. The van der Waals surface area contributed by atoms with Gasteiger partial charge in [-0.2, -0.15) is 0 Å². The highest BCUT2D eigenvalue weighted by Gasteiger charge is 2.50. The number of hydrogen-bond donors (Lipinski definition) is 7. The van der Waals surface area contributed by atoms with Crippen LogP contribution in [0.1, 0.15) is 0 Å². The Kier molecular flexibility index (Phi) is 8.80. The molecule has 0 aliphatic carbocycles. The van der Waals surface area contributed by atoms with Gasteiger partial charge < -0.3 is 68.6 Å². The number of phenolic OH excluding ortho intramolecular Hbond substituents is 1. The molecule has 8 atom stereocenters. The summed E-state index contributed by atoms with van der Waals surface area (Å²) in [6, 6.07) is 7.13. The number of fused-ring (bicyclic) bond motifs is 1. The molecule has 0 amide bonds. The van der Waals surface area contributed by atoms with Gasteiger partial charge in [-0.15, -0.1) is 0 Å². The molecule has 2 saturated heterocycles. The normalized spacial score (nSPS) is 30.8. The Balaban J connectivity index is 1.34.